The quantitative estimate of drug-likeness (QED) is 0.725. The highest BCUT2D eigenvalue weighted by Gasteiger charge is 2.25. The molecule has 0 fully saturated rings. The minimum atomic E-state index is -3.74. The Balaban J connectivity index is 2.25. The second-order valence-electron chi connectivity index (χ2n) is 5.66. The average molecular weight is 344 g/mol. The van der Waals surface area contributed by atoms with Gasteiger partial charge in [-0.1, -0.05) is 12.1 Å². The molecule has 0 saturated carbocycles. The predicted octanol–water partition coefficient (Wildman–Crippen LogP) is 3.60. The van der Waals surface area contributed by atoms with Crippen molar-refractivity contribution in [1.29, 1.82) is 0 Å². The van der Waals surface area contributed by atoms with Crippen LogP contribution in [0.2, 0.25) is 0 Å². The zero-order valence-electron chi connectivity index (χ0n) is 14.2. The molecule has 3 rings (SSSR count). The number of aryl methyl sites for hydroxylation is 1. The van der Waals surface area contributed by atoms with Crippen LogP contribution >= 0.6 is 0 Å². The first-order chi connectivity index (χ1) is 11.4. The molecule has 5 nitrogen and oxygen atoms in total. The summed E-state index contributed by atoms with van der Waals surface area (Å²) in [6, 6.07) is 10.6. The summed E-state index contributed by atoms with van der Waals surface area (Å²) in [4.78, 5) is 4.64. The molecule has 0 unspecified atom stereocenters. The fourth-order valence-corrected chi connectivity index (χ4v) is 4.67. The van der Waals surface area contributed by atoms with E-state index in [0.717, 1.165) is 5.56 Å². The topological polar surface area (TPSA) is 61.2 Å². The fraction of sp³-hybridized carbons (Fsp3) is 0.278. The van der Waals surface area contributed by atoms with E-state index >= 15 is 0 Å². The molecule has 0 aliphatic carbocycles. The smallest absolute Gasteiger partial charge is 0.269 e. The Labute approximate surface area is 142 Å². The third-order valence-electron chi connectivity index (χ3n) is 4.18. The summed E-state index contributed by atoms with van der Waals surface area (Å²) in [5.41, 5.74) is 2.78. The monoisotopic (exact) mass is 344 g/mol. The molecule has 1 heterocycles. The standard InChI is InChI=1S/C18H20N2O3S/c1-5-23-17-10-11-18(13(3)12(17)2)24(21,22)20-14(4)19-15-8-6-7-9-16(15)20/h6-11H,5H2,1-4H3. The molecule has 24 heavy (non-hydrogen) atoms. The molecule has 3 aromatic rings. The molecule has 126 valence electrons. The Morgan fingerprint density at radius 3 is 2.46 bits per heavy atom. The highest BCUT2D eigenvalue weighted by molar-refractivity contribution is 7.90. The number of aromatic nitrogens is 2. The van der Waals surface area contributed by atoms with E-state index in [0.29, 0.717) is 34.8 Å². The largest absolute Gasteiger partial charge is 0.494 e. The lowest BCUT2D eigenvalue weighted by Crippen LogP contribution is -2.16. The number of benzene rings is 2. The van der Waals surface area contributed by atoms with Gasteiger partial charge in [0.2, 0.25) is 0 Å². The average Bonchev–Trinajstić information content (AvgIpc) is 2.88. The lowest BCUT2D eigenvalue weighted by Gasteiger charge is -2.15. The van der Waals surface area contributed by atoms with Gasteiger partial charge in [-0.15, -0.1) is 0 Å². The molecule has 2 aromatic carbocycles. The summed E-state index contributed by atoms with van der Waals surface area (Å²) >= 11 is 0. The molecular weight excluding hydrogens is 324 g/mol. The number of ether oxygens (including phenoxy) is 1. The van der Waals surface area contributed by atoms with E-state index in [9.17, 15) is 8.42 Å². The van der Waals surface area contributed by atoms with E-state index in [-0.39, 0.29) is 4.90 Å². The molecule has 0 atom stereocenters. The van der Waals surface area contributed by atoms with Crippen molar-refractivity contribution in [3.63, 3.8) is 0 Å². The SMILES string of the molecule is CCOc1ccc(S(=O)(=O)n2c(C)nc3ccccc32)c(C)c1C. The zero-order chi connectivity index (χ0) is 17.5. The van der Waals surface area contributed by atoms with Gasteiger partial charge in [-0.2, -0.15) is 0 Å². The Kier molecular flexibility index (Phi) is 4.09. The van der Waals surface area contributed by atoms with Crippen LogP contribution in [0.25, 0.3) is 11.0 Å². The minimum Gasteiger partial charge on any atom is -0.494 e. The van der Waals surface area contributed by atoms with Crippen molar-refractivity contribution in [2.24, 2.45) is 0 Å². The van der Waals surface area contributed by atoms with Crippen LogP contribution in [0.1, 0.15) is 23.9 Å². The van der Waals surface area contributed by atoms with Crippen LogP contribution in [0.4, 0.5) is 0 Å². The van der Waals surface area contributed by atoms with Crippen LogP contribution in [0, 0.1) is 20.8 Å². The van der Waals surface area contributed by atoms with Crippen molar-refractivity contribution in [2.45, 2.75) is 32.6 Å². The van der Waals surface area contributed by atoms with E-state index in [1.165, 1.54) is 3.97 Å². The summed E-state index contributed by atoms with van der Waals surface area (Å²) in [6.07, 6.45) is 0. The van der Waals surface area contributed by atoms with Gasteiger partial charge in [0.1, 0.15) is 11.6 Å². The first-order valence-electron chi connectivity index (χ1n) is 7.80. The van der Waals surface area contributed by atoms with Crippen molar-refractivity contribution in [3.8, 4) is 5.75 Å². The fourth-order valence-electron chi connectivity index (χ4n) is 2.89. The maximum Gasteiger partial charge on any atom is 0.269 e. The number of fused-ring (bicyclic) bond motifs is 1. The molecule has 0 amide bonds. The molecule has 0 bridgehead atoms. The predicted molar refractivity (Wildman–Crippen MR) is 94.1 cm³/mol. The molecule has 0 saturated heterocycles. The van der Waals surface area contributed by atoms with E-state index in [1.54, 1.807) is 32.0 Å². The van der Waals surface area contributed by atoms with Crippen LogP contribution in [0.5, 0.6) is 5.75 Å². The lowest BCUT2D eigenvalue weighted by molar-refractivity contribution is 0.337. The molecule has 0 N–H and O–H groups in total. The lowest BCUT2D eigenvalue weighted by atomic mass is 10.1. The molecule has 1 aromatic heterocycles. The molecule has 0 radical (unpaired) electrons. The number of hydrogen-bond acceptors (Lipinski definition) is 4. The Morgan fingerprint density at radius 2 is 1.75 bits per heavy atom. The van der Waals surface area contributed by atoms with Gasteiger partial charge in [0.25, 0.3) is 10.0 Å². The maximum absolute atomic E-state index is 13.3. The van der Waals surface area contributed by atoms with Gasteiger partial charge in [0, 0.05) is 0 Å². The third-order valence-corrected chi connectivity index (χ3v) is 6.12. The summed E-state index contributed by atoms with van der Waals surface area (Å²) < 4.78 is 33.4. The van der Waals surface area contributed by atoms with Crippen LogP contribution < -0.4 is 4.74 Å². The van der Waals surface area contributed by atoms with Crippen molar-refractivity contribution >= 4 is 21.1 Å². The Hall–Kier alpha value is -2.34. The van der Waals surface area contributed by atoms with Crippen LogP contribution in [0.3, 0.4) is 0 Å². The van der Waals surface area contributed by atoms with Crippen molar-refractivity contribution < 1.29 is 13.2 Å². The van der Waals surface area contributed by atoms with Crippen molar-refractivity contribution in [1.82, 2.24) is 8.96 Å². The van der Waals surface area contributed by atoms with E-state index in [4.69, 9.17) is 4.74 Å². The highest BCUT2D eigenvalue weighted by atomic mass is 32.2. The van der Waals surface area contributed by atoms with Gasteiger partial charge in [-0.3, -0.25) is 0 Å². The van der Waals surface area contributed by atoms with Crippen LogP contribution in [-0.4, -0.2) is 24.0 Å². The van der Waals surface area contributed by atoms with Gasteiger partial charge in [0.05, 0.1) is 22.5 Å². The van der Waals surface area contributed by atoms with Gasteiger partial charge in [0.15, 0.2) is 0 Å². The van der Waals surface area contributed by atoms with Crippen molar-refractivity contribution in [3.05, 3.63) is 53.3 Å². The van der Waals surface area contributed by atoms with Crippen LogP contribution in [-0.2, 0) is 10.0 Å². The number of nitrogens with zero attached hydrogens (tertiary/aromatic N) is 2. The van der Waals surface area contributed by atoms with Gasteiger partial charge in [-0.25, -0.2) is 17.4 Å². The second-order valence-corrected chi connectivity index (χ2v) is 7.42. The van der Waals surface area contributed by atoms with Crippen LogP contribution in [0.15, 0.2) is 41.3 Å². The number of imidazole rings is 1. The zero-order valence-corrected chi connectivity index (χ0v) is 15.0. The molecule has 0 spiro atoms. The number of rotatable bonds is 4. The Bertz CT molecular complexity index is 1020. The third kappa shape index (κ3) is 2.47. The van der Waals surface area contributed by atoms with Gasteiger partial charge >= 0.3 is 0 Å². The normalized spacial score (nSPS) is 11.8. The first-order valence-corrected chi connectivity index (χ1v) is 9.24. The minimum absolute atomic E-state index is 0.273. The maximum atomic E-state index is 13.3. The van der Waals surface area contributed by atoms with E-state index in [2.05, 4.69) is 4.98 Å². The summed E-state index contributed by atoms with van der Waals surface area (Å²) in [5.74, 6) is 1.16. The van der Waals surface area contributed by atoms with E-state index in [1.807, 2.05) is 32.0 Å². The van der Waals surface area contributed by atoms with Crippen molar-refractivity contribution in [2.75, 3.05) is 6.61 Å². The van der Waals surface area contributed by atoms with Gasteiger partial charge in [-0.05, 0) is 63.1 Å². The molecular formula is C18H20N2O3S. The second kappa shape index (κ2) is 5.94. The summed E-state index contributed by atoms with van der Waals surface area (Å²) in [6.45, 7) is 7.82. The first kappa shape index (κ1) is 16.5. The highest BCUT2D eigenvalue weighted by Crippen LogP contribution is 2.30. The Morgan fingerprint density at radius 1 is 1.04 bits per heavy atom. The number of hydrogen-bond donors (Lipinski definition) is 0. The molecule has 0 aliphatic rings. The number of para-hydroxylation sites is 2. The summed E-state index contributed by atoms with van der Waals surface area (Å²) in [5, 5.41) is 0. The van der Waals surface area contributed by atoms with E-state index < -0.39 is 10.0 Å². The molecule has 0 aliphatic heterocycles. The molecule has 6 heteroatoms. The van der Waals surface area contributed by atoms with Gasteiger partial charge < -0.3 is 4.74 Å². The summed E-state index contributed by atoms with van der Waals surface area (Å²) in [7, 11) is -3.74.